The van der Waals surface area contributed by atoms with E-state index in [2.05, 4.69) is 174 Å². The molecule has 0 radical (unpaired) electrons. The number of para-hydroxylation sites is 3. The van der Waals surface area contributed by atoms with Crippen molar-refractivity contribution in [3.8, 4) is 107 Å². The molecule has 6 nitrogen and oxygen atoms in total. The lowest BCUT2D eigenvalue weighted by Gasteiger charge is -2.31. The number of hydrogen-bond acceptors (Lipinski definition) is 5. The Kier molecular flexibility index (Phi) is 9.15. The van der Waals surface area contributed by atoms with Gasteiger partial charge < -0.3 is 14.0 Å². The zero-order valence-corrected chi connectivity index (χ0v) is 40.9. The van der Waals surface area contributed by atoms with Crippen molar-refractivity contribution in [3.05, 3.63) is 277 Å². The van der Waals surface area contributed by atoms with Crippen LogP contribution in [0.3, 0.4) is 0 Å². The van der Waals surface area contributed by atoms with Crippen molar-refractivity contribution in [3.63, 3.8) is 0 Å². The second kappa shape index (κ2) is 16.4. The minimum Gasteiger partial charge on any atom is -0.449 e. The fourth-order valence-corrected chi connectivity index (χ4v) is 12.4. The molecule has 354 valence electrons. The molecule has 0 saturated heterocycles. The Hall–Kier alpha value is -10.2. The first-order chi connectivity index (χ1) is 37.7. The van der Waals surface area contributed by atoms with E-state index in [1.54, 1.807) is 0 Å². The zero-order valence-electron chi connectivity index (χ0n) is 40.9. The molecule has 76 heavy (non-hydrogen) atoms. The number of hydrogen-bond donors (Lipinski definition) is 0. The predicted molar refractivity (Wildman–Crippen MR) is 304 cm³/mol. The summed E-state index contributed by atoms with van der Waals surface area (Å²) in [6.45, 7) is 0. The number of fused-ring (bicyclic) bond motifs is 16. The van der Waals surface area contributed by atoms with Crippen LogP contribution in [0.5, 0.6) is 23.0 Å². The molecule has 3 aliphatic rings. The molecule has 11 aromatic carbocycles. The van der Waals surface area contributed by atoms with Gasteiger partial charge in [0.05, 0.1) is 16.4 Å². The summed E-state index contributed by atoms with van der Waals surface area (Å²) < 4.78 is 15.8. The highest BCUT2D eigenvalue weighted by Gasteiger charge is 2.53. The van der Waals surface area contributed by atoms with Gasteiger partial charge in [-0.05, 0) is 122 Å². The lowest BCUT2D eigenvalue weighted by Crippen LogP contribution is -2.26. The van der Waals surface area contributed by atoms with Crippen molar-refractivity contribution < 1.29 is 9.47 Å². The molecule has 0 bridgehead atoms. The zero-order chi connectivity index (χ0) is 49.9. The van der Waals surface area contributed by atoms with Gasteiger partial charge in [0, 0.05) is 38.7 Å². The predicted octanol–water partition coefficient (Wildman–Crippen LogP) is 17.5. The Labute approximate surface area is 438 Å². The smallest absolute Gasteiger partial charge is 0.178 e. The number of aromatic nitrogens is 4. The molecule has 0 saturated carbocycles. The molecular weight excluding hydrogens is 929 g/mol. The van der Waals surface area contributed by atoms with E-state index in [0.29, 0.717) is 17.5 Å². The third kappa shape index (κ3) is 6.25. The van der Waals surface area contributed by atoms with E-state index in [1.165, 1.54) is 44.2 Å². The minimum absolute atomic E-state index is 0.574. The van der Waals surface area contributed by atoms with Crippen LogP contribution in [0.15, 0.2) is 255 Å². The fourth-order valence-electron chi connectivity index (χ4n) is 12.4. The van der Waals surface area contributed by atoms with Crippen LogP contribution in [0.2, 0.25) is 0 Å². The lowest BCUT2D eigenvalue weighted by molar-refractivity contribution is 0.360. The molecule has 1 spiro atoms. The van der Waals surface area contributed by atoms with E-state index < -0.39 is 5.41 Å². The van der Waals surface area contributed by atoms with E-state index >= 15 is 0 Å². The average Bonchev–Trinajstić information content (AvgIpc) is 4.30. The van der Waals surface area contributed by atoms with Gasteiger partial charge in [-0.25, -0.2) is 15.0 Å². The summed E-state index contributed by atoms with van der Waals surface area (Å²) in [7, 11) is 0. The van der Waals surface area contributed by atoms with Gasteiger partial charge in [-0.1, -0.05) is 194 Å². The van der Waals surface area contributed by atoms with Crippen molar-refractivity contribution in [2.75, 3.05) is 0 Å². The van der Waals surface area contributed by atoms with Crippen molar-refractivity contribution in [1.82, 2.24) is 19.5 Å². The maximum Gasteiger partial charge on any atom is 0.178 e. The van der Waals surface area contributed by atoms with Crippen LogP contribution in [0.25, 0.3) is 106 Å². The normalized spacial score (nSPS) is 13.1. The molecule has 2 aliphatic carbocycles. The molecular formula is C70H42N4O2. The van der Waals surface area contributed by atoms with Crippen molar-refractivity contribution in [1.29, 1.82) is 0 Å². The summed E-state index contributed by atoms with van der Waals surface area (Å²) in [4.78, 5) is 15.0. The van der Waals surface area contributed by atoms with Gasteiger partial charge >= 0.3 is 0 Å². The summed E-state index contributed by atoms with van der Waals surface area (Å²) in [6.07, 6.45) is 0. The Morgan fingerprint density at radius 3 is 1.58 bits per heavy atom. The minimum atomic E-state index is -0.574. The van der Waals surface area contributed by atoms with Gasteiger partial charge in [0.1, 0.15) is 0 Å². The van der Waals surface area contributed by atoms with E-state index in [4.69, 9.17) is 24.4 Å². The molecule has 6 heteroatoms. The monoisotopic (exact) mass is 970 g/mol. The standard InChI is InChI=1S/C70H42N4O2/c1-3-17-43(18-4-1)67-71-68(44-19-5-2-6-20-44)73-69(72-67)49-23-15-21-45(39-49)46-22-16-24-50(40-46)74-60-30-12-9-27-53(60)55-41-47(34-37-61(55)74)48-33-35-54-59(42-48)70(56-28-10-7-25-51(56)52-26-8-11-29-57(52)70)58-36-38-64-66(65(54)58)76-63-32-14-13-31-62(63)75-64/h1-42H. The first kappa shape index (κ1) is 42.3. The molecule has 0 atom stereocenters. The van der Waals surface area contributed by atoms with Crippen molar-refractivity contribution in [2.45, 2.75) is 5.41 Å². The first-order valence-corrected chi connectivity index (χ1v) is 25.7. The van der Waals surface area contributed by atoms with Gasteiger partial charge in [0.15, 0.2) is 40.5 Å². The Bertz CT molecular complexity index is 4440. The van der Waals surface area contributed by atoms with E-state index in [1.807, 2.05) is 84.9 Å². The summed E-state index contributed by atoms with van der Waals surface area (Å²) in [5.74, 6) is 4.81. The topological polar surface area (TPSA) is 62.1 Å². The average molecular weight is 971 g/mol. The lowest BCUT2D eigenvalue weighted by atomic mass is 9.70. The summed E-state index contributed by atoms with van der Waals surface area (Å²) in [5, 5.41) is 2.38. The third-order valence-electron chi connectivity index (χ3n) is 15.7. The van der Waals surface area contributed by atoms with Gasteiger partial charge in [-0.15, -0.1) is 0 Å². The van der Waals surface area contributed by atoms with Gasteiger partial charge in [-0.3, -0.25) is 0 Å². The van der Waals surface area contributed by atoms with Crippen LogP contribution >= 0.6 is 0 Å². The number of benzene rings is 11. The molecule has 0 amide bonds. The number of ether oxygens (including phenoxy) is 2. The number of rotatable bonds is 6. The molecule has 0 fully saturated rings. The summed E-state index contributed by atoms with van der Waals surface area (Å²) >= 11 is 0. The van der Waals surface area contributed by atoms with E-state index in [9.17, 15) is 0 Å². The quantitative estimate of drug-likeness (QED) is 0.166. The molecule has 1 aliphatic heterocycles. The second-order valence-corrected chi connectivity index (χ2v) is 19.8. The summed E-state index contributed by atoms with van der Waals surface area (Å²) in [6, 6.07) is 90.5. The SMILES string of the molecule is c1ccc(-c2nc(-c3ccccc3)nc(-c3cccc(-c4cccc(-n5c6ccccc6c6cc(-c7ccc8c(c7)C7(c9ccccc9-c9ccccc97)c7ccc9c(c7-8)Oc7ccccc7O9)ccc65)c4)c3)n2)cc1. The highest BCUT2D eigenvalue weighted by atomic mass is 16.6. The van der Waals surface area contributed by atoms with Crippen molar-refractivity contribution >= 4 is 21.8 Å². The van der Waals surface area contributed by atoms with Crippen molar-refractivity contribution in [2.24, 2.45) is 0 Å². The first-order valence-electron chi connectivity index (χ1n) is 25.7. The molecule has 13 aromatic rings. The largest absolute Gasteiger partial charge is 0.449 e. The Balaban J connectivity index is 0.817. The maximum absolute atomic E-state index is 6.86. The fraction of sp³-hybridized carbons (Fsp3) is 0.0143. The Morgan fingerprint density at radius 2 is 0.842 bits per heavy atom. The highest BCUT2D eigenvalue weighted by molar-refractivity contribution is 6.11. The molecule has 2 aromatic heterocycles. The van der Waals surface area contributed by atoms with Gasteiger partial charge in [-0.2, -0.15) is 0 Å². The molecule has 16 rings (SSSR count). The van der Waals surface area contributed by atoms with Crippen LogP contribution in [-0.2, 0) is 5.41 Å². The molecule has 0 N–H and O–H groups in total. The van der Waals surface area contributed by atoms with Gasteiger partial charge in [0.2, 0.25) is 0 Å². The Morgan fingerprint density at radius 1 is 0.303 bits per heavy atom. The van der Waals surface area contributed by atoms with Crippen LogP contribution in [0, 0.1) is 0 Å². The maximum atomic E-state index is 6.86. The molecule has 0 unspecified atom stereocenters. The third-order valence-corrected chi connectivity index (χ3v) is 15.7. The van der Waals surface area contributed by atoms with Crippen LogP contribution in [0.1, 0.15) is 22.3 Å². The van der Waals surface area contributed by atoms with Crippen LogP contribution in [0.4, 0.5) is 0 Å². The van der Waals surface area contributed by atoms with Gasteiger partial charge in [0.25, 0.3) is 0 Å². The second-order valence-electron chi connectivity index (χ2n) is 19.8. The highest BCUT2D eigenvalue weighted by Crippen LogP contribution is 2.66. The van der Waals surface area contributed by atoms with E-state index in [-0.39, 0.29) is 0 Å². The summed E-state index contributed by atoms with van der Waals surface area (Å²) in [5.41, 5.74) is 19.8. The van der Waals surface area contributed by atoms with E-state index in [0.717, 1.165) is 89.8 Å². The number of nitrogens with zero attached hydrogens (tertiary/aromatic N) is 4. The van der Waals surface area contributed by atoms with Crippen LogP contribution in [-0.4, -0.2) is 19.5 Å². The molecule has 3 heterocycles. The van der Waals surface area contributed by atoms with Crippen LogP contribution < -0.4 is 9.47 Å².